The van der Waals surface area contributed by atoms with E-state index < -0.39 is 10.5 Å². The number of benzene rings is 2. The Morgan fingerprint density at radius 3 is 2.24 bits per heavy atom. The van der Waals surface area contributed by atoms with Gasteiger partial charge < -0.3 is 15.0 Å². The lowest BCUT2D eigenvalue weighted by Gasteiger charge is -2.29. The summed E-state index contributed by atoms with van der Waals surface area (Å²) in [6.07, 6.45) is 0. The van der Waals surface area contributed by atoms with Crippen LogP contribution in [0.5, 0.6) is 0 Å². The van der Waals surface area contributed by atoms with E-state index in [0.717, 1.165) is 24.3 Å². The fourth-order valence-corrected chi connectivity index (χ4v) is 4.01. The molecule has 2 fully saturated rings. The number of morpholine rings is 1. The predicted octanol–water partition coefficient (Wildman–Crippen LogP) is 2.57. The largest absolute Gasteiger partial charge is 0.378 e. The highest BCUT2D eigenvalue weighted by molar-refractivity contribution is 7.80. The number of nitro benzene ring substituents is 1. The molecular weight excluding hydrogens is 392 g/mol. The summed E-state index contributed by atoms with van der Waals surface area (Å²) in [4.78, 5) is 27.3. The van der Waals surface area contributed by atoms with Gasteiger partial charge in [0.2, 0.25) is 0 Å². The normalized spacial score (nSPS) is 22.0. The first kappa shape index (κ1) is 19.3. The van der Waals surface area contributed by atoms with Crippen LogP contribution in [0.3, 0.4) is 0 Å². The monoisotopic (exact) mass is 412 g/mol. The molecule has 4 rings (SSSR count). The lowest BCUT2D eigenvalue weighted by Crippen LogP contribution is -2.41. The van der Waals surface area contributed by atoms with Gasteiger partial charge in [0.25, 0.3) is 11.6 Å². The summed E-state index contributed by atoms with van der Waals surface area (Å²) < 4.78 is 5.39. The molecule has 1 amide bonds. The third kappa shape index (κ3) is 3.43. The number of non-ortho nitro benzene ring substituents is 1. The van der Waals surface area contributed by atoms with Crippen molar-refractivity contribution in [1.29, 1.82) is 0 Å². The molecule has 0 aromatic heterocycles. The zero-order valence-corrected chi connectivity index (χ0v) is 16.6. The highest BCUT2D eigenvalue weighted by Crippen LogP contribution is 2.33. The third-order valence-electron chi connectivity index (χ3n) is 5.33. The highest BCUT2D eigenvalue weighted by atomic mass is 32.1. The van der Waals surface area contributed by atoms with E-state index in [9.17, 15) is 14.9 Å². The van der Waals surface area contributed by atoms with Crippen molar-refractivity contribution in [2.75, 3.05) is 36.1 Å². The second-order valence-corrected chi connectivity index (χ2v) is 7.50. The number of carbonyl (C=O) groups excluding carboxylic acids is 1. The first-order chi connectivity index (χ1) is 13.9. The third-order valence-corrected chi connectivity index (χ3v) is 5.62. The first-order valence-electron chi connectivity index (χ1n) is 9.24. The number of nitrogens with zero attached hydrogens (tertiary/aromatic N) is 3. The molecule has 150 valence electrons. The number of hydrogen-bond donors (Lipinski definition) is 1. The summed E-state index contributed by atoms with van der Waals surface area (Å²) >= 11 is 5.40. The molecule has 8 nitrogen and oxygen atoms in total. The van der Waals surface area contributed by atoms with Gasteiger partial charge in [-0.05, 0) is 49.0 Å². The average molecular weight is 412 g/mol. The molecule has 1 N–H and O–H groups in total. The van der Waals surface area contributed by atoms with Crippen LogP contribution in [0.4, 0.5) is 17.1 Å². The molecule has 1 unspecified atom stereocenters. The molecule has 0 bridgehead atoms. The lowest BCUT2D eigenvalue weighted by atomic mass is 9.91. The van der Waals surface area contributed by atoms with E-state index >= 15 is 0 Å². The second kappa shape index (κ2) is 7.41. The van der Waals surface area contributed by atoms with Gasteiger partial charge in [-0.2, -0.15) is 0 Å². The maximum Gasteiger partial charge on any atom is 0.269 e. The first-order valence-corrected chi connectivity index (χ1v) is 9.65. The van der Waals surface area contributed by atoms with Gasteiger partial charge >= 0.3 is 0 Å². The summed E-state index contributed by atoms with van der Waals surface area (Å²) in [5, 5.41) is 14.3. The fourth-order valence-electron chi connectivity index (χ4n) is 3.62. The molecule has 2 aliphatic rings. The molecule has 2 heterocycles. The van der Waals surface area contributed by atoms with Crippen molar-refractivity contribution in [1.82, 2.24) is 5.32 Å². The summed E-state index contributed by atoms with van der Waals surface area (Å²) in [6, 6.07) is 13.6. The van der Waals surface area contributed by atoms with Crippen LogP contribution in [0.2, 0.25) is 0 Å². The van der Waals surface area contributed by atoms with E-state index in [1.54, 1.807) is 6.92 Å². The zero-order valence-electron chi connectivity index (χ0n) is 15.8. The standard InChI is InChI=1S/C20H20N4O4S/c1-20(14-2-4-15(5-3-14)22-10-12-28-13-11-22)18(25)23(19(29)21-20)16-6-8-17(9-7-16)24(26)27/h2-9H,10-13H2,1H3,(H,21,29). The molecule has 29 heavy (non-hydrogen) atoms. The number of amides is 1. The number of carbonyl (C=O) groups is 1. The Morgan fingerprint density at radius 2 is 1.66 bits per heavy atom. The molecule has 0 spiro atoms. The van der Waals surface area contributed by atoms with Gasteiger partial charge in [-0.15, -0.1) is 0 Å². The maximum absolute atomic E-state index is 13.3. The van der Waals surface area contributed by atoms with Gasteiger partial charge in [0.1, 0.15) is 5.54 Å². The van der Waals surface area contributed by atoms with Crippen molar-refractivity contribution in [2.45, 2.75) is 12.5 Å². The molecule has 0 saturated carbocycles. The smallest absolute Gasteiger partial charge is 0.269 e. The Morgan fingerprint density at radius 1 is 1.07 bits per heavy atom. The highest BCUT2D eigenvalue weighted by Gasteiger charge is 2.47. The van der Waals surface area contributed by atoms with Crippen LogP contribution in [0, 0.1) is 10.1 Å². The van der Waals surface area contributed by atoms with Gasteiger partial charge in [-0.25, -0.2) is 0 Å². The Labute approximate surface area is 173 Å². The molecule has 2 saturated heterocycles. The lowest BCUT2D eigenvalue weighted by molar-refractivity contribution is -0.384. The summed E-state index contributed by atoms with van der Waals surface area (Å²) in [6.45, 7) is 4.88. The van der Waals surface area contributed by atoms with Crippen LogP contribution in [0.15, 0.2) is 48.5 Å². The van der Waals surface area contributed by atoms with Crippen LogP contribution in [0.1, 0.15) is 12.5 Å². The van der Waals surface area contributed by atoms with Crippen LogP contribution >= 0.6 is 12.2 Å². The molecular formula is C20H20N4O4S. The van der Waals surface area contributed by atoms with Crippen molar-refractivity contribution < 1.29 is 14.5 Å². The SMILES string of the molecule is CC1(c2ccc(N3CCOCC3)cc2)NC(=S)N(c2ccc([N+](=O)[O-])cc2)C1=O. The van der Waals surface area contributed by atoms with Crippen LogP contribution in [0.25, 0.3) is 0 Å². The van der Waals surface area contributed by atoms with Crippen molar-refractivity contribution in [2.24, 2.45) is 0 Å². The minimum absolute atomic E-state index is 0.0410. The van der Waals surface area contributed by atoms with E-state index in [1.165, 1.54) is 29.2 Å². The van der Waals surface area contributed by atoms with E-state index in [1.807, 2.05) is 24.3 Å². The van der Waals surface area contributed by atoms with Crippen molar-refractivity contribution in [3.8, 4) is 0 Å². The van der Waals surface area contributed by atoms with Crippen molar-refractivity contribution >= 4 is 40.3 Å². The van der Waals surface area contributed by atoms with Crippen molar-refractivity contribution in [3.05, 3.63) is 64.2 Å². The van der Waals surface area contributed by atoms with E-state index in [-0.39, 0.29) is 16.7 Å². The molecule has 9 heteroatoms. The number of hydrogen-bond acceptors (Lipinski definition) is 6. The van der Waals surface area contributed by atoms with Crippen molar-refractivity contribution in [3.63, 3.8) is 0 Å². The van der Waals surface area contributed by atoms with E-state index in [2.05, 4.69) is 10.2 Å². The molecule has 2 aliphatic heterocycles. The van der Waals surface area contributed by atoms with Crippen LogP contribution in [-0.2, 0) is 15.1 Å². The number of thiocarbonyl (C=S) groups is 1. The molecule has 2 aromatic carbocycles. The number of anilines is 2. The Balaban J connectivity index is 1.58. The van der Waals surface area contributed by atoms with Gasteiger partial charge in [0, 0.05) is 30.9 Å². The van der Waals surface area contributed by atoms with Crippen LogP contribution < -0.4 is 15.1 Å². The Kier molecular flexibility index (Phi) is 4.93. The fraction of sp³-hybridized carbons (Fsp3) is 0.300. The van der Waals surface area contributed by atoms with Crippen LogP contribution in [-0.4, -0.2) is 42.2 Å². The van der Waals surface area contributed by atoms with E-state index in [0.29, 0.717) is 18.9 Å². The summed E-state index contributed by atoms with van der Waals surface area (Å²) in [7, 11) is 0. The summed E-state index contributed by atoms with van der Waals surface area (Å²) in [5.74, 6) is -0.226. The zero-order chi connectivity index (χ0) is 20.6. The van der Waals surface area contributed by atoms with Gasteiger partial charge in [0.15, 0.2) is 5.11 Å². The molecule has 1 atom stereocenters. The van der Waals surface area contributed by atoms with Gasteiger partial charge in [-0.1, -0.05) is 12.1 Å². The molecule has 0 aliphatic carbocycles. The summed E-state index contributed by atoms with van der Waals surface area (Å²) in [5.41, 5.74) is 1.32. The maximum atomic E-state index is 13.3. The topological polar surface area (TPSA) is 87.9 Å². The Bertz CT molecular complexity index is 957. The van der Waals surface area contributed by atoms with E-state index in [4.69, 9.17) is 17.0 Å². The minimum Gasteiger partial charge on any atom is -0.378 e. The Hall–Kier alpha value is -3.04. The van der Waals surface area contributed by atoms with Gasteiger partial charge in [-0.3, -0.25) is 19.8 Å². The average Bonchev–Trinajstić information content (AvgIpc) is 2.98. The quantitative estimate of drug-likeness (QED) is 0.469. The number of rotatable bonds is 4. The molecule has 0 radical (unpaired) electrons. The number of nitro groups is 1. The minimum atomic E-state index is -1.01. The predicted molar refractivity (Wildman–Crippen MR) is 113 cm³/mol. The molecule has 2 aromatic rings. The van der Waals surface area contributed by atoms with Gasteiger partial charge in [0.05, 0.1) is 23.8 Å². The number of nitrogens with one attached hydrogen (secondary N) is 1. The second-order valence-electron chi connectivity index (χ2n) is 7.12. The number of ether oxygens (including phenoxy) is 1.